The van der Waals surface area contributed by atoms with Gasteiger partial charge < -0.3 is 10.3 Å². The van der Waals surface area contributed by atoms with Crippen LogP contribution in [0.5, 0.6) is 0 Å². The molecule has 2 N–H and O–H groups in total. The molecule has 0 saturated carbocycles. The Morgan fingerprint density at radius 2 is 2.09 bits per heavy atom. The smallest absolute Gasteiger partial charge is 0.241 e. The maximum atomic E-state index is 11.2. The van der Waals surface area contributed by atoms with Crippen LogP contribution in [0, 0.1) is 5.92 Å². The number of primary amides is 1. The van der Waals surface area contributed by atoms with Gasteiger partial charge in [-0.15, -0.1) is 0 Å². The van der Waals surface area contributed by atoms with E-state index in [0.717, 1.165) is 31.5 Å². The fourth-order valence-corrected chi connectivity index (χ4v) is 2.86. The number of nitrogens with zero attached hydrogens (tertiary/aromatic N) is 3. The van der Waals surface area contributed by atoms with Crippen molar-refractivity contribution in [3.8, 4) is 11.4 Å². The van der Waals surface area contributed by atoms with Crippen LogP contribution in [0.25, 0.3) is 11.4 Å². The van der Waals surface area contributed by atoms with Crippen LogP contribution in [0.3, 0.4) is 0 Å². The number of amides is 1. The predicted molar refractivity (Wildman–Crippen MR) is 81.9 cm³/mol. The van der Waals surface area contributed by atoms with E-state index in [1.165, 1.54) is 0 Å². The molecule has 0 unspecified atom stereocenters. The molecule has 6 nitrogen and oxygen atoms in total. The molecule has 3 rings (SSSR count). The Bertz CT molecular complexity index is 665. The minimum atomic E-state index is -0.210. The Kier molecular flexibility index (Phi) is 4.40. The molecule has 7 heteroatoms. The monoisotopic (exact) mass is 320 g/mol. The van der Waals surface area contributed by atoms with Gasteiger partial charge in [-0.2, -0.15) is 4.98 Å². The minimum Gasteiger partial charge on any atom is -0.369 e. The van der Waals surface area contributed by atoms with Gasteiger partial charge in [0.1, 0.15) is 0 Å². The van der Waals surface area contributed by atoms with Crippen molar-refractivity contribution in [2.75, 3.05) is 13.1 Å². The van der Waals surface area contributed by atoms with E-state index >= 15 is 0 Å². The fraction of sp³-hybridized carbons (Fsp3) is 0.400. The van der Waals surface area contributed by atoms with Crippen molar-refractivity contribution in [2.45, 2.75) is 19.4 Å². The van der Waals surface area contributed by atoms with Crippen LogP contribution in [0.4, 0.5) is 0 Å². The summed E-state index contributed by atoms with van der Waals surface area (Å²) in [4.78, 5) is 17.7. The minimum absolute atomic E-state index is 0.0161. The zero-order valence-electron chi connectivity index (χ0n) is 12.0. The number of piperidine rings is 1. The molecule has 0 atom stereocenters. The fourth-order valence-electron chi connectivity index (χ4n) is 2.64. The molecule has 1 fully saturated rings. The van der Waals surface area contributed by atoms with Crippen molar-refractivity contribution < 1.29 is 9.32 Å². The van der Waals surface area contributed by atoms with Gasteiger partial charge in [-0.1, -0.05) is 28.9 Å². The quantitative estimate of drug-likeness (QED) is 0.932. The van der Waals surface area contributed by atoms with E-state index in [2.05, 4.69) is 15.0 Å². The number of halogens is 1. The lowest BCUT2D eigenvalue weighted by molar-refractivity contribution is -0.123. The van der Waals surface area contributed by atoms with Crippen molar-refractivity contribution in [3.05, 3.63) is 35.2 Å². The molecule has 1 aliphatic rings. The number of rotatable bonds is 4. The summed E-state index contributed by atoms with van der Waals surface area (Å²) in [7, 11) is 0. The van der Waals surface area contributed by atoms with Crippen LogP contribution in [-0.4, -0.2) is 34.0 Å². The molecule has 1 aromatic carbocycles. The van der Waals surface area contributed by atoms with Gasteiger partial charge in [-0.3, -0.25) is 9.69 Å². The third-order valence-corrected chi connectivity index (χ3v) is 4.26. The third kappa shape index (κ3) is 3.28. The highest BCUT2D eigenvalue weighted by Crippen LogP contribution is 2.25. The highest BCUT2D eigenvalue weighted by molar-refractivity contribution is 6.33. The molecule has 1 saturated heterocycles. The number of nitrogens with two attached hydrogens (primary N) is 1. The summed E-state index contributed by atoms with van der Waals surface area (Å²) in [6.45, 7) is 2.18. The van der Waals surface area contributed by atoms with Crippen LogP contribution >= 0.6 is 11.6 Å². The van der Waals surface area contributed by atoms with Gasteiger partial charge in [0.15, 0.2) is 0 Å². The van der Waals surface area contributed by atoms with E-state index in [4.69, 9.17) is 21.9 Å². The number of aromatic nitrogens is 2. The lowest BCUT2D eigenvalue weighted by atomic mass is 9.96. The number of carbonyl (C=O) groups excluding carboxylic acids is 1. The summed E-state index contributed by atoms with van der Waals surface area (Å²) >= 11 is 6.13. The van der Waals surface area contributed by atoms with Gasteiger partial charge in [-0.05, 0) is 38.1 Å². The van der Waals surface area contributed by atoms with Crippen LogP contribution in [0.1, 0.15) is 18.7 Å². The molecule has 116 valence electrons. The second-order valence-corrected chi connectivity index (χ2v) is 5.85. The molecule has 0 bridgehead atoms. The molecule has 0 aliphatic carbocycles. The summed E-state index contributed by atoms with van der Waals surface area (Å²) in [5.74, 6) is 0.816. The summed E-state index contributed by atoms with van der Waals surface area (Å²) in [6.07, 6.45) is 1.56. The normalized spacial score (nSPS) is 16.8. The number of carbonyl (C=O) groups is 1. The van der Waals surface area contributed by atoms with Crippen LogP contribution in [0.15, 0.2) is 28.8 Å². The Balaban J connectivity index is 1.63. The topological polar surface area (TPSA) is 85.3 Å². The average molecular weight is 321 g/mol. The van der Waals surface area contributed by atoms with Gasteiger partial charge in [0.2, 0.25) is 17.6 Å². The average Bonchev–Trinajstić information content (AvgIpc) is 2.96. The Labute approximate surface area is 133 Å². The molecule has 2 heterocycles. The van der Waals surface area contributed by atoms with Gasteiger partial charge in [-0.25, -0.2) is 0 Å². The standard InChI is InChI=1S/C15H17ClN4O2/c16-12-4-2-1-3-11(12)15-18-13(22-19-15)9-20-7-5-10(6-8-20)14(17)21/h1-4,10H,5-9H2,(H2,17,21). The van der Waals surface area contributed by atoms with Gasteiger partial charge >= 0.3 is 0 Å². The summed E-state index contributed by atoms with van der Waals surface area (Å²) in [5, 5.41) is 4.58. The van der Waals surface area contributed by atoms with E-state index in [1.54, 1.807) is 6.07 Å². The summed E-state index contributed by atoms with van der Waals surface area (Å²) in [5.41, 5.74) is 6.09. The van der Waals surface area contributed by atoms with Crippen molar-refractivity contribution in [3.63, 3.8) is 0 Å². The van der Waals surface area contributed by atoms with Gasteiger partial charge in [0.05, 0.1) is 11.6 Å². The predicted octanol–water partition coefficient (Wildman–Crippen LogP) is 2.09. The highest BCUT2D eigenvalue weighted by Gasteiger charge is 2.24. The molecular weight excluding hydrogens is 304 g/mol. The van der Waals surface area contributed by atoms with E-state index in [0.29, 0.717) is 23.3 Å². The van der Waals surface area contributed by atoms with E-state index in [-0.39, 0.29) is 11.8 Å². The maximum Gasteiger partial charge on any atom is 0.241 e. The molecule has 1 amide bonds. The van der Waals surface area contributed by atoms with Crippen LogP contribution < -0.4 is 5.73 Å². The SMILES string of the molecule is NC(=O)C1CCN(Cc2nc(-c3ccccc3Cl)no2)CC1. The first kappa shape index (κ1) is 15.0. The summed E-state index contributed by atoms with van der Waals surface area (Å²) in [6, 6.07) is 7.39. The second-order valence-electron chi connectivity index (χ2n) is 5.44. The zero-order chi connectivity index (χ0) is 15.5. The zero-order valence-corrected chi connectivity index (χ0v) is 12.8. The first-order chi connectivity index (χ1) is 10.6. The van der Waals surface area contributed by atoms with E-state index in [9.17, 15) is 4.79 Å². The van der Waals surface area contributed by atoms with E-state index in [1.807, 2.05) is 18.2 Å². The first-order valence-corrected chi connectivity index (χ1v) is 7.60. The van der Waals surface area contributed by atoms with Gasteiger partial charge in [0.25, 0.3) is 0 Å². The Morgan fingerprint density at radius 1 is 1.36 bits per heavy atom. The van der Waals surface area contributed by atoms with Gasteiger partial charge in [0, 0.05) is 11.5 Å². The first-order valence-electron chi connectivity index (χ1n) is 7.22. The molecule has 0 spiro atoms. The highest BCUT2D eigenvalue weighted by atomic mass is 35.5. The molecule has 0 radical (unpaired) electrons. The van der Waals surface area contributed by atoms with Crippen molar-refractivity contribution in [1.29, 1.82) is 0 Å². The third-order valence-electron chi connectivity index (χ3n) is 3.93. The molecule has 2 aromatic rings. The largest absolute Gasteiger partial charge is 0.369 e. The number of likely N-dealkylation sites (tertiary alicyclic amines) is 1. The lowest BCUT2D eigenvalue weighted by Crippen LogP contribution is -2.38. The maximum absolute atomic E-state index is 11.2. The van der Waals surface area contributed by atoms with Crippen LogP contribution in [0.2, 0.25) is 5.02 Å². The Morgan fingerprint density at radius 3 is 2.77 bits per heavy atom. The molecule has 22 heavy (non-hydrogen) atoms. The lowest BCUT2D eigenvalue weighted by Gasteiger charge is -2.29. The number of hydrogen-bond acceptors (Lipinski definition) is 5. The second kappa shape index (κ2) is 6.46. The van der Waals surface area contributed by atoms with Crippen molar-refractivity contribution >= 4 is 17.5 Å². The molecule has 1 aromatic heterocycles. The Hall–Kier alpha value is -1.92. The van der Waals surface area contributed by atoms with E-state index < -0.39 is 0 Å². The molecular formula is C15H17ClN4O2. The number of hydrogen-bond donors (Lipinski definition) is 1. The van der Waals surface area contributed by atoms with Crippen LogP contribution in [-0.2, 0) is 11.3 Å². The van der Waals surface area contributed by atoms with Crippen molar-refractivity contribution in [1.82, 2.24) is 15.0 Å². The number of benzene rings is 1. The summed E-state index contributed by atoms with van der Waals surface area (Å²) < 4.78 is 5.30. The van der Waals surface area contributed by atoms with Crippen molar-refractivity contribution in [2.24, 2.45) is 11.7 Å². The molecule has 1 aliphatic heterocycles.